The Morgan fingerprint density at radius 2 is 1.07 bits per heavy atom. The first-order chi connectivity index (χ1) is 29.1. The number of para-hydroxylation sites is 2. The van der Waals surface area contributed by atoms with E-state index in [1.54, 1.807) is 0 Å². The Balaban J connectivity index is 1.24. The van der Waals surface area contributed by atoms with E-state index in [0.29, 0.717) is 0 Å². The van der Waals surface area contributed by atoms with Gasteiger partial charge in [0.15, 0.2) is 0 Å². The van der Waals surface area contributed by atoms with Gasteiger partial charge in [0.2, 0.25) is 0 Å². The van der Waals surface area contributed by atoms with Gasteiger partial charge in [0.05, 0.1) is 0 Å². The molecule has 278 valence electrons. The molecule has 4 heteroatoms. The first-order valence-electron chi connectivity index (χ1n) is 20.5. The molecule has 0 saturated heterocycles. The zero-order valence-corrected chi connectivity index (χ0v) is 35.0. The van der Waals surface area contributed by atoms with E-state index in [1.807, 2.05) is 0 Å². The minimum atomic E-state index is -3.75. The Labute approximate surface area is 346 Å². The van der Waals surface area contributed by atoms with Gasteiger partial charge in [0.25, 0.3) is 0 Å². The van der Waals surface area contributed by atoms with Gasteiger partial charge >= 0.3 is 348 Å². The number of fused-ring (bicyclic) bond motifs is 10. The van der Waals surface area contributed by atoms with Crippen molar-refractivity contribution < 1.29 is 0 Å². The van der Waals surface area contributed by atoms with Crippen LogP contribution in [0, 0.1) is 0 Å². The van der Waals surface area contributed by atoms with Crippen LogP contribution in [0.2, 0.25) is 0 Å². The molecule has 10 aromatic rings. The molecule has 0 atom stereocenters. The second-order valence-corrected chi connectivity index (χ2v) is 24.1. The number of nitrogens with zero attached hydrogens (tertiary/aromatic N) is 3. The Morgan fingerprint density at radius 3 is 1.81 bits per heavy atom. The molecule has 0 unspecified atom stereocenters. The fourth-order valence-electron chi connectivity index (χ4n) is 10.6. The fourth-order valence-corrected chi connectivity index (χ4v) is 21.1. The predicted octanol–water partition coefficient (Wildman–Crippen LogP) is 10.6. The van der Waals surface area contributed by atoms with Gasteiger partial charge in [-0.05, 0) is 0 Å². The number of rotatable bonds is 5. The van der Waals surface area contributed by atoms with Crippen LogP contribution in [0.1, 0.15) is 25.0 Å². The summed E-state index contributed by atoms with van der Waals surface area (Å²) in [6.45, 7) is 4.79. The fraction of sp³-hybridized carbons (Fsp3) is 0.0545. The summed E-state index contributed by atoms with van der Waals surface area (Å²) in [4.78, 5) is 11.5. The Morgan fingerprint density at radius 1 is 0.475 bits per heavy atom. The molecular formula is C55H39GeN3. The van der Waals surface area contributed by atoms with E-state index >= 15 is 0 Å². The number of aromatic nitrogens is 3. The minimum absolute atomic E-state index is 0.208. The molecule has 12 rings (SSSR count). The molecule has 2 aliphatic rings. The Bertz CT molecular complexity index is 3250. The quantitative estimate of drug-likeness (QED) is 0.162. The summed E-state index contributed by atoms with van der Waals surface area (Å²) in [7, 11) is 0. The third-order valence-electron chi connectivity index (χ3n) is 13.1. The SMILES string of the molecule is CC1(C)c2ccccc2-c2ccc3c4ccccc4n(-c4ccccc4-c4nc(-c5ccccc5)n[c]5c4-c4cccc[c]4[Ge]5([c]4ccccc4)[c]4ccccc4)c3c21. The van der Waals surface area contributed by atoms with Gasteiger partial charge in [0, 0.05) is 0 Å². The molecule has 59 heavy (non-hydrogen) atoms. The normalized spacial score (nSPS) is 14.2. The zero-order chi connectivity index (χ0) is 39.3. The summed E-state index contributed by atoms with van der Waals surface area (Å²) < 4.78 is 7.85. The molecule has 0 spiro atoms. The molecule has 2 aromatic heterocycles. The average Bonchev–Trinajstić information content (AvgIpc) is 3.88. The van der Waals surface area contributed by atoms with Gasteiger partial charge in [-0.15, -0.1) is 0 Å². The van der Waals surface area contributed by atoms with E-state index in [4.69, 9.17) is 9.97 Å². The van der Waals surface area contributed by atoms with Gasteiger partial charge < -0.3 is 0 Å². The van der Waals surface area contributed by atoms with Crippen LogP contribution < -0.4 is 17.7 Å². The molecule has 0 bridgehead atoms. The van der Waals surface area contributed by atoms with E-state index in [-0.39, 0.29) is 5.41 Å². The first kappa shape index (κ1) is 34.2. The molecule has 8 aromatic carbocycles. The van der Waals surface area contributed by atoms with Gasteiger partial charge in [-0.2, -0.15) is 0 Å². The van der Waals surface area contributed by atoms with Crippen LogP contribution in [0.4, 0.5) is 0 Å². The Kier molecular flexibility index (Phi) is 7.45. The van der Waals surface area contributed by atoms with Gasteiger partial charge in [-0.1, -0.05) is 0 Å². The van der Waals surface area contributed by atoms with Gasteiger partial charge in [-0.3, -0.25) is 0 Å². The second-order valence-electron chi connectivity index (χ2n) is 16.4. The van der Waals surface area contributed by atoms with E-state index in [1.165, 1.54) is 67.3 Å². The van der Waals surface area contributed by atoms with Gasteiger partial charge in [-0.25, -0.2) is 0 Å². The Hall–Kier alpha value is -6.82. The summed E-state index contributed by atoms with van der Waals surface area (Å²) in [5.41, 5.74) is 14.2. The van der Waals surface area contributed by atoms with E-state index < -0.39 is 13.3 Å². The van der Waals surface area contributed by atoms with E-state index in [9.17, 15) is 0 Å². The van der Waals surface area contributed by atoms with Crippen LogP contribution in [0.5, 0.6) is 0 Å². The van der Waals surface area contributed by atoms with Crippen molar-refractivity contribution >= 4 is 52.8 Å². The molecule has 1 aliphatic carbocycles. The third kappa shape index (κ3) is 4.71. The zero-order valence-electron chi connectivity index (χ0n) is 32.9. The van der Waals surface area contributed by atoms with Gasteiger partial charge in [0.1, 0.15) is 0 Å². The molecule has 0 N–H and O–H groups in total. The standard InChI is InChI=1S/C55H39GeN3/c1-55(2)45-30-16-12-26-39(45)41-34-35-42-40-27-14-18-32-47(40)59(52(42)50(41)55)48-33-19-15-29-44(48)51-49-43-28-13-17-31-46(43)56(37-22-8-4-9-23-37,38-24-10-5-11-25-38)53(49)58-54(57-51)36-20-6-3-7-21-36/h3-35H,1-2H3. The summed E-state index contributed by atoms with van der Waals surface area (Å²) in [5.74, 6) is 0.753. The molecular weight excluding hydrogens is 775 g/mol. The summed E-state index contributed by atoms with van der Waals surface area (Å²) in [6, 6.07) is 73.6. The third-order valence-corrected chi connectivity index (χ3v) is 23.0. The molecule has 3 nitrogen and oxygen atoms in total. The van der Waals surface area contributed by atoms with E-state index in [0.717, 1.165) is 33.9 Å². The van der Waals surface area contributed by atoms with Crippen LogP contribution in [0.25, 0.3) is 72.4 Å². The van der Waals surface area contributed by atoms with Crippen molar-refractivity contribution in [2.45, 2.75) is 19.3 Å². The van der Waals surface area contributed by atoms with Crippen molar-refractivity contribution in [2.75, 3.05) is 0 Å². The topological polar surface area (TPSA) is 30.7 Å². The summed E-state index contributed by atoms with van der Waals surface area (Å²) in [5, 5.41) is 2.51. The van der Waals surface area contributed by atoms with Crippen LogP contribution >= 0.6 is 0 Å². The maximum atomic E-state index is 5.78. The molecule has 0 saturated carbocycles. The van der Waals surface area contributed by atoms with Crippen molar-refractivity contribution in [3.05, 3.63) is 211 Å². The van der Waals surface area contributed by atoms with Crippen molar-refractivity contribution in [2.24, 2.45) is 0 Å². The second kappa shape index (κ2) is 12.8. The first-order valence-corrected chi connectivity index (χ1v) is 24.7. The van der Waals surface area contributed by atoms with Crippen LogP contribution in [-0.4, -0.2) is 27.8 Å². The monoisotopic (exact) mass is 815 g/mol. The van der Waals surface area contributed by atoms with Crippen molar-refractivity contribution in [1.29, 1.82) is 0 Å². The number of benzene rings is 8. The molecule has 3 heterocycles. The molecule has 0 fully saturated rings. The molecule has 0 radical (unpaired) electrons. The molecule has 0 amide bonds. The van der Waals surface area contributed by atoms with Crippen molar-refractivity contribution in [3.8, 4) is 50.6 Å². The van der Waals surface area contributed by atoms with Crippen LogP contribution in [-0.2, 0) is 5.41 Å². The molecule has 1 aliphatic heterocycles. The average molecular weight is 815 g/mol. The maximum absolute atomic E-state index is 5.78. The van der Waals surface area contributed by atoms with Crippen LogP contribution in [0.3, 0.4) is 0 Å². The van der Waals surface area contributed by atoms with Crippen molar-refractivity contribution in [1.82, 2.24) is 14.5 Å². The predicted molar refractivity (Wildman–Crippen MR) is 247 cm³/mol. The number of hydrogen-bond donors (Lipinski definition) is 0. The van der Waals surface area contributed by atoms with Crippen LogP contribution in [0.15, 0.2) is 200 Å². The van der Waals surface area contributed by atoms with Crippen molar-refractivity contribution in [3.63, 3.8) is 0 Å². The summed E-state index contributed by atoms with van der Waals surface area (Å²) >= 11 is -3.75. The van der Waals surface area contributed by atoms with E-state index in [2.05, 4.69) is 219 Å². The summed E-state index contributed by atoms with van der Waals surface area (Å²) in [6.07, 6.45) is 0. The number of hydrogen-bond acceptors (Lipinski definition) is 2.